The molecular weight excluding hydrogens is 424 g/mol. The van der Waals surface area contributed by atoms with Crippen LogP contribution in [0.3, 0.4) is 0 Å². The van der Waals surface area contributed by atoms with E-state index < -0.39 is 0 Å². The van der Waals surface area contributed by atoms with Gasteiger partial charge in [-0.15, -0.1) is 0 Å². The normalized spacial score (nSPS) is 11.4. The second kappa shape index (κ2) is 7.91. The molecule has 0 saturated carbocycles. The molecule has 3 rings (SSSR count). The van der Waals surface area contributed by atoms with Crippen molar-refractivity contribution in [3.8, 4) is 22.4 Å². The van der Waals surface area contributed by atoms with Crippen molar-refractivity contribution in [1.29, 1.82) is 0 Å². The number of pyridine rings is 1. The molecule has 0 N–H and O–H groups in total. The van der Waals surface area contributed by atoms with Crippen molar-refractivity contribution in [2.75, 3.05) is 0 Å². The maximum atomic E-state index is 13.4. The largest absolute Gasteiger partial charge is 0.252 e. The smallest absolute Gasteiger partial charge is 0.123 e. The first-order valence-electron chi connectivity index (χ1n) is 8.23. The molecule has 0 fully saturated rings. The highest BCUT2D eigenvalue weighted by atomic mass is 127. The number of nitrogens with zero attached hydrogens (tertiary/aromatic N) is 1. The maximum Gasteiger partial charge on any atom is 0.123 e. The van der Waals surface area contributed by atoms with E-state index in [2.05, 4.69) is 60.7 Å². The maximum absolute atomic E-state index is 13.4. The van der Waals surface area contributed by atoms with Crippen LogP contribution in [0.25, 0.3) is 28.5 Å². The van der Waals surface area contributed by atoms with Gasteiger partial charge in [-0.3, -0.25) is 4.98 Å². The lowest BCUT2D eigenvalue weighted by molar-refractivity contribution is 0.628. The fourth-order valence-corrected chi connectivity index (χ4v) is 3.24. The Labute approximate surface area is 161 Å². The molecule has 2 aromatic carbocycles. The Balaban J connectivity index is 2.29. The lowest BCUT2D eigenvalue weighted by Gasteiger charge is -2.17. The van der Waals surface area contributed by atoms with E-state index in [0.717, 1.165) is 33.6 Å². The molecule has 0 aliphatic rings. The van der Waals surface area contributed by atoms with Crippen molar-refractivity contribution in [2.24, 2.45) is 0 Å². The van der Waals surface area contributed by atoms with Crippen molar-refractivity contribution >= 4 is 28.7 Å². The molecule has 0 bridgehead atoms. The van der Waals surface area contributed by atoms with Gasteiger partial charge >= 0.3 is 0 Å². The Morgan fingerprint density at radius 1 is 0.960 bits per heavy atom. The van der Waals surface area contributed by atoms with E-state index in [4.69, 9.17) is 4.98 Å². The average Bonchev–Trinajstić information content (AvgIpc) is 2.63. The molecule has 0 saturated heterocycles. The van der Waals surface area contributed by atoms with Crippen LogP contribution < -0.4 is 0 Å². The zero-order valence-electron chi connectivity index (χ0n) is 14.2. The Hall–Kier alpha value is -2.01. The minimum atomic E-state index is -0.226. The van der Waals surface area contributed by atoms with E-state index in [9.17, 15) is 4.39 Å². The average molecular weight is 443 g/mol. The number of benzene rings is 2. The van der Waals surface area contributed by atoms with Gasteiger partial charge in [0.15, 0.2) is 0 Å². The number of aromatic nitrogens is 1. The van der Waals surface area contributed by atoms with Crippen molar-refractivity contribution in [3.05, 3.63) is 81.8 Å². The van der Waals surface area contributed by atoms with Gasteiger partial charge in [-0.1, -0.05) is 78.9 Å². The van der Waals surface area contributed by atoms with Gasteiger partial charge in [0, 0.05) is 11.1 Å². The monoisotopic (exact) mass is 443 g/mol. The van der Waals surface area contributed by atoms with Crippen LogP contribution in [0.15, 0.2) is 64.7 Å². The molecule has 25 heavy (non-hydrogen) atoms. The highest BCUT2D eigenvalue weighted by molar-refractivity contribution is 14.1. The summed E-state index contributed by atoms with van der Waals surface area (Å²) in [6.07, 6.45) is 2.08. The molecule has 1 heterocycles. The summed E-state index contributed by atoms with van der Waals surface area (Å²) in [6, 6.07) is 18.9. The molecule has 0 spiro atoms. The molecule has 0 unspecified atom stereocenters. The van der Waals surface area contributed by atoms with Gasteiger partial charge in [-0.05, 0) is 45.4 Å². The quantitative estimate of drug-likeness (QED) is 0.393. The standard InChI is InChI=1S/C22H19FIN/c1-15(2)22-19(12-13-24)20(16-8-10-18(23)11-9-16)14-21(25-22)17-6-4-3-5-7-17/h3-15H,1-2H3. The summed E-state index contributed by atoms with van der Waals surface area (Å²) >= 11 is 2.22. The van der Waals surface area contributed by atoms with Crippen molar-refractivity contribution in [2.45, 2.75) is 19.8 Å². The number of halogens is 2. The third-order valence-electron chi connectivity index (χ3n) is 4.09. The Morgan fingerprint density at radius 3 is 2.24 bits per heavy atom. The summed E-state index contributed by atoms with van der Waals surface area (Å²) in [5.41, 5.74) is 6.23. The first kappa shape index (κ1) is 17.8. The molecule has 1 aromatic heterocycles. The molecule has 126 valence electrons. The summed E-state index contributed by atoms with van der Waals surface area (Å²) < 4.78 is 15.4. The molecule has 0 amide bonds. The zero-order valence-corrected chi connectivity index (χ0v) is 16.4. The first-order chi connectivity index (χ1) is 12.1. The van der Waals surface area contributed by atoms with E-state index in [0.29, 0.717) is 0 Å². The fraction of sp³-hybridized carbons (Fsp3) is 0.136. The fourth-order valence-electron chi connectivity index (χ4n) is 2.88. The second-order valence-electron chi connectivity index (χ2n) is 6.17. The van der Waals surface area contributed by atoms with Crippen LogP contribution in [0.1, 0.15) is 31.0 Å². The molecule has 0 radical (unpaired) electrons. The van der Waals surface area contributed by atoms with Crippen LogP contribution in [0.2, 0.25) is 0 Å². The van der Waals surface area contributed by atoms with Crippen molar-refractivity contribution in [3.63, 3.8) is 0 Å². The molecule has 1 nitrogen and oxygen atoms in total. The number of hydrogen-bond acceptors (Lipinski definition) is 1. The third-order valence-corrected chi connectivity index (χ3v) is 4.45. The molecule has 3 heteroatoms. The Bertz CT molecular complexity index is 884. The highest BCUT2D eigenvalue weighted by Gasteiger charge is 2.15. The molecular formula is C22H19FIN. The molecule has 0 atom stereocenters. The van der Waals surface area contributed by atoms with Crippen molar-refractivity contribution < 1.29 is 4.39 Å². The third kappa shape index (κ3) is 3.98. The summed E-state index contributed by atoms with van der Waals surface area (Å²) in [4.78, 5) is 4.94. The summed E-state index contributed by atoms with van der Waals surface area (Å²) in [6.45, 7) is 4.30. The number of hydrogen-bond donors (Lipinski definition) is 0. The van der Waals surface area contributed by atoms with Gasteiger partial charge in [0.05, 0.1) is 11.4 Å². The lowest BCUT2D eigenvalue weighted by atomic mass is 9.92. The summed E-state index contributed by atoms with van der Waals surface area (Å²) in [5.74, 6) is 0.0571. The predicted molar refractivity (Wildman–Crippen MR) is 112 cm³/mol. The molecule has 3 aromatic rings. The Kier molecular flexibility index (Phi) is 5.63. The Morgan fingerprint density at radius 2 is 1.64 bits per heavy atom. The van der Waals surface area contributed by atoms with E-state index in [1.165, 1.54) is 12.1 Å². The predicted octanol–water partition coefficient (Wildman–Crippen LogP) is 7.08. The number of rotatable bonds is 4. The summed E-state index contributed by atoms with van der Waals surface area (Å²) in [7, 11) is 0. The van der Waals surface area contributed by atoms with E-state index >= 15 is 0 Å². The first-order valence-corrected chi connectivity index (χ1v) is 9.47. The van der Waals surface area contributed by atoms with Crippen LogP contribution in [0.4, 0.5) is 4.39 Å². The minimum Gasteiger partial charge on any atom is -0.252 e. The summed E-state index contributed by atoms with van der Waals surface area (Å²) in [5, 5.41) is 0. The van der Waals surface area contributed by atoms with Gasteiger partial charge < -0.3 is 0 Å². The van der Waals surface area contributed by atoms with Gasteiger partial charge in [0.1, 0.15) is 5.82 Å². The lowest BCUT2D eigenvalue weighted by Crippen LogP contribution is -2.01. The van der Waals surface area contributed by atoms with Crippen LogP contribution in [-0.4, -0.2) is 4.98 Å². The van der Waals surface area contributed by atoms with Gasteiger partial charge in [-0.25, -0.2) is 4.39 Å². The van der Waals surface area contributed by atoms with E-state index in [1.54, 1.807) is 0 Å². The van der Waals surface area contributed by atoms with Crippen LogP contribution in [-0.2, 0) is 0 Å². The highest BCUT2D eigenvalue weighted by Crippen LogP contribution is 2.34. The van der Waals surface area contributed by atoms with Gasteiger partial charge in [-0.2, -0.15) is 0 Å². The second-order valence-corrected chi connectivity index (χ2v) is 6.89. The SMILES string of the molecule is CC(C)c1nc(-c2ccccc2)cc(-c2ccc(F)cc2)c1C=CI. The minimum absolute atomic E-state index is 0.226. The van der Waals surface area contributed by atoms with Crippen LogP contribution in [0.5, 0.6) is 0 Å². The van der Waals surface area contributed by atoms with E-state index in [-0.39, 0.29) is 11.7 Å². The van der Waals surface area contributed by atoms with Crippen molar-refractivity contribution in [1.82, 2.24) is 4.98 Å². The van der Waals surface area contributed by atoms with Crippen LogP contribution in [0, 0.1) is 5.82 Å². The van der Waals surface area contributed by atoms with Crippen LogP contribution >= 0.6 is 22.6 Å². The zero-order chi connectivity index (χ0) is 17.8. The molecule has 0 aliphatic heterocycles. The molecule has 0 aliphatic carbocycles. The topological polar surface area (TPSA) is 12.9 Å². The van der Waals surface area contributed by atoms with Gasteiger partial charge in [0.2, 0.25) is 0 Å². The van der Waals surface area contributed by atoms with E-state index in [1.807, 2.05) is 34.4 Å². The van der Waals surface area contributed by atoms with Gasteiger partial charge in [0.25, 0.3) is 0 Å².